The maximum Gasteiger partial charge on any atom is 0.328 e. The molecule has 1 saturated carbocycles. The predicted molar refractivity (Wildman–Crippen MR) is 84.8 cm³/mol. The van der Waals surface area contributed by atoms with Crippen LogP contribution in [0.5, 0.6) is 0 Å². The second-order valence-corrected chi connectivity index (χ2v) is 6.56. The van der Waals surface area contributed by atoms with Crippen LogP contribution in [-0.4, -0.2) is 54.0 Å². The lowest BCUT2D eigenvalue weighted by Crippen LogP contribution is -2.50. The van der Waals surface area contributed by atoms with Crippen molar-refractivity contribution >= 4 is 23.8 Å². The lowest BCUT2D eigenvalue weighted by atomic mass is 9.98. The zero-order valence-corrected chi connectivity index (χ0v) is 14.4. The van der Waals surface area contributed by atoms with Gasteiger partial charge in [-0.3, -0.25) is 14.5 Å². The van der Waals surface area contributed by atoms with Crippen molar-refractivity contribution < 1.29 is 23.9 Å². The quantitative estimate of drug-likeness (QED) is 0.543. The number of methoxy groups -OCH3 is 1. The average Bonchev–Trinajstić information content (AvgIpc) is 3.12. The Morgan fingerprint density at radius 2 is 1.96 bits per heavy atom. The first-order valence-electron chi connectivity index (χ1n) is 8.36. The number of nitrogens with zero attached hydrogens (tertiary/aromatic N) is 1. The molecule has 4 amide bonds. The maximum absolute atomic E-state index is 12.5. The molecule has 0 bridgehead atoms. The SMILES string of the molecule is CC[C@@H](C)[C@H](NC(=O)CN1C(=O)NC2(CCCC2)C1=O)C(=O)OC. The molecule has 0 unspecified atom stereocenters. The fourth-order valence-electron chi connectivity index (χ4n) is 3.30. The van der Waals surface area contributed by atoms with Crippen LogP contribution in [0.25, 0.3) is 0 Å². The van der Waals surface area contributed by atoms with Gasteiger partial charge in [0, 0.05) is 0 Å². The van der Waals surface area contributed by atoms with Crippen molar-refractivity contribution in [3.05, 3.63) is 0 Å². The van der Waals surface area contributed by atoms with Crippen molar-refractivity contribution in [3.63, 3.8) is 0 Å². The van der Waals surface area contributed by atoms with E-state index in [0.29, 0.717) is 19.3 Å². The Balaban J connectivity index is 2.02. The summed E-state index contributed by atoms with van der Waals surface area (Å²) in [6.45, 7) is 3.33. The third-order valence-corrected chi connectivity index (χ3v) is 4.99. The monoisotopic (exact) mass is 339 g/mol. The molecular weight excluding hydrogens is 314 g/mol. The Kier molecular flexibility index (Phi) is 5.46. The molecule has 8 nitrogen and oxygen atoms in total. The first kappa shape index (κ1) is 18.2. The van der Waals surface area contributed by atoms with Gasteiger partial charge >= 0.3 is 12.0 Å². The highest BCUT2D eigenvalue weighted by molar-refractivity contribution is 6.09. The number of amides is 4. The number of urea groups is 1. The molecule has 1 aliphatic heterocycles. The molecule has 1 aliphatic carbocycles. The number of hydrogen-bond acceptors (Lipinski definition) is 5. The second kappa shape index (κ2) is 7.19. The number of carbonyl (C=O) groups is 4. The average molecular weight is 339 g/mol. The molecule has 2 atom stereocenters. The maximum atomic E-state index is 12.5. The normalized spacial score (nSPS) is 21.5. The van der Waals surface area contributed by atoms with Crippen molar-refractivity contribution in [1.82, 2.24) is 15.5 Å². The zero-order valence-electron chi connectivity index (χ0n) is 14.4. The van der Waals surface area contributed by atoms with Gasteiger partial charge in [0.2, 0.25) is 5.91 Å². The van der Waals surface area contributed by atoms with Crippen LogP contribution >= 0.6 is 0 Å². The molecule has 8 heteroatoms. The van der Waals surface area contributed by atoms with E-state index in [1.165, 1.54) is 7.11 Å². The summed E-state index contributed by atoms with van der Waals surface area (Å²) in [4.78, 5) is 49.6. The number of imide groups is 1. The van der Waals surface area contributed by atoms with Gasteiger partial charge in [0.05, 0.1) is 7.11 Å². The van der Waals surface area contributed by atoms with Gasteiger partial charge in [0.15, 0.2) is 0 Å². The van der Waals surface area contributed by atoms with E-state index in [0.717, 1.165) is 17.7 Å². The fraction of sp³-hybridized carbons (Fsp3) is 0.750. The van der Waals surface area contributed by atoms with Gasteiger partial charge in [-0.25, -0.2) is 9.59 Å². The van der Waals surface area contributed by atoms with E-state index in [1.54, 1.807) is 0 Å². The Morgan fingerprint density at radius 1 is 1.33 bits per heavy atom. The highest BCUT2D eigenvalue weighted by Crippen LogP contribution is 2.34. The number of esters is 1. The van der Waals surface area contributed by atoms with E-state index in [1.807, 2.05) is 13.8 Å². The first-order valence-corrected chi connectivity index (χ1v) is 8.36. The van der Waals surface area contributed by atoms with Crippen LogP contribution in [0.2, 0.25) is 0 Å². The summed E-state index contributed by atoms with van der Waals surface area (Å²) in [5.41, 5.74) is -0.837. The van der Waals surface area contributed by atoms with Crippen molar-refractivity contribution in [2.45, 2.75) is 57.5 Å². The van der Waals surface area contributed by atoms with E-state index in [2.05, 4.69) is 10.6 Å². The number of carbonyl (C=O) groups excluding carboxylic acids is 4. The summed E-state index contributed by atoms with van der Waals surface area (Å²) in [5, 5.41) is 5.30. The van der Waals surface area contributed by atoms with Crippen molar-refractivity contribution in [2.75, 3.05) is 13.7 Å². The van der Waals surface area contributed by atoms with E-state index in [-0.39, 0.29) is 11.8 Å². The number of hydrogen-bond donors (Lipinski definition) is 2. The summed E-state index contributed by atoms with van der Waals surface area (Å²) in [6.07, 6.45) is 3.64. The van der Waals surface area contributed by atoms with Crippen LogP contribution in [0.15, 0.2) is 0 Å². The molecule has 0 aromatic rings. The van der Waals surface area contributed by atoms with E-state index < -0.39 is 36.0 Å². The molecule has 2 aliphatic rings. The number of ether oxygens (including phenoxy) is 1. The van der Waals surface area contributed by atoms with Crippen LogP contribution < -0.4 is 10.6 Å². The van der Waals surface area contributed by atoms with Crippen molar-refractivity contribution in [3.8, 4) is 0 Å². The lowest BCUT2D eigenvalue weighted by molar-refractivity contribution is -0.146. The molecule has 24 heavy (non-hydrogen) atoms. The molecule has 134 valence electrons. The van der Waals surface area contributed by atoms with Gasteiger partial charge in [0.25, 0.3) is 5.91 Å². The minimum Gasteiger partial charge on any atom is -0.467 e. The number of rotatable bonds is 6. The summed E-state index contributed by atoms with van der Waals surface area (Å²) in [5.74, 6) is -1.56. The summed E-state index contributed by atoms with van der Waals surface area (Å²) >= 11 is 0. The molecule has 2 fully saturated rings. The lowest BCUT2D eigenvalue weighted by Gasteiger charge is -2.23. The zero-order chi connectivity index (χ0) is 17.9. The number of nitrogens with one attached hydrogen (secondary N) is 2. The summed E-state index contributed by atoms with van der Waals surface area (Å²) in [6, 6.07) is -1.34. The topological polar surface area (TPSA) is 105 Å². The van der Waals surface area contributed by atoms with Crippen LogP contribution in [-0.2, 0) is 19.1 Å². The van der Waals surface area contributed by atoms with Gasteiger partial charge in [-0.15, -0.1) is 0 Å². The summed E-state index contributed by atoms with van der Waals surface area (Å²) < 4.78 is 4.71. The van der Waals surface area contributed by atoms with Gasteiger partial charge in [-0.1, -0.05) is 33.1 Å². The molecule has 1 spiro atoms. The Bertz CT molecular complexity index is 542. The molecule has 0 aromatic heterocycles. The third kappa shape index (κ3) is 3.37. The molecule has 2 rings (SSSR count). The highest BCUT2D eigenvalue weighted by Gasteiger charge is 2.52. The minimum atomic E-state index is -0.837. The van der Waals surface area contributed by atoms with Crippen LogP contribution in [0.3, 0.4) is 0 Å². The molecule has 0 radical (unpaired) electrons. The summed E-state index contributed by atoms with van der Waals surface area (Å²) in [7, 11) is 1.26. The molecule has 1 heterocycles. The van der Waals surface area contributed by atoms with Crippen molar-refractivity contribution in [2.24, 2.45) is 5.92 Å². The molecule has 2 N–H and O–H groups in total. The Labute approximate surface area is 141 Å². The van der Waals surface area contributed by atoms with E-state index in [9.17, 15) is 19.2 Å². The smallest absolute Gasteiger partial charge is 0.328 e. The highest BCUT2D eigenvalue weighted by atomic mass is 16.5. The predicted octanol–water partition coefficient (Wildman–Crippen LogP) is 0.555. The van der Waals surface area contributed by atoms with E-state index in [4.69, 9.17) is 4.74 Å². The molecule has 0 aromatic carbocycles. The fourth-order valence-corrected chi connectivity index (χ4v) is 3.30. The minimum absolute atomic E-state index is 0.120. The van der Waals surface area contributed by atoms with Gasteiger partial charge in [-0.2, -0.15) is 0 Å². The van der Waals surface area contributed by atoms with Crippen LogP contribution in [0.4, 0.5) is 4.79 Å². The molecule has 1 saturated heterocycles. The second-order valence-electron chi connectivity index (χ2n) is 6.56. The third-order valence-electron chi connectivity index (χ3n) is 4.99. The molecular formula is C16H25N3O5. The van der Waals surface area contributed by atoms with Gasteiger partial charge < -0.3 is 15.4 Å². The standard InChI is InChI=1S/C16H25N3O5/c1-4-10(2)12(13(21)24-3)17-11(20)9-19-14(22)16(18-15(19)23)7-5-6-8-16/h10,12H,4-9H2,1-3H3,(H,17,20)(H,18,23)/t10-,12+/m1/s1. The first-order chi connectivity index (χ1) is 11.3. The van der Waals surface area contributed by atoms with Crippen molar-refractivity contribution in [1.29, 1.82) is 0 Å². The Hall–Kier alpha value is -2.12. The van der Waals surface area contributed by atoms with E-state index >= 15 is 0 Å². The Morgan fingerprint density at radius 3 is 2.50 bits per heavy atom. The van der Waals surface area contributed by atoms with Gasteiger partial charge in [-0.05, 0) is 18.8 Å². The largest absolute Gasteiger partial charge is 0.467 e. The van der Waals surface area contributed by atoms with Crippen LogP contribution in [0.1, 0.15) is 46.0 Å². The van der Waals surface area contributed by atoms with Gasteiger partial charge in [0.1, 0.15) is 18.1 Å². The van der Waals surface area contributed by atoms with Crippen LogP contribution in [0, 0.1) is 5.92 Å².